The van der Waals surface area contributed by atoms with Gasteiger partial charge >= 0.3 is 0 Å². The standard InChI is InChI=1S/C15H19N3O/c1-15(2,13-4-3-9-17-13)10-18-14(19)11-5-7-12(16)8-6-11/h3-9,17H,10,16H2,1-2H3,(H,18,19). The van der Waals surface area contributed by atoms with E-state index in [4.69, 9.17) is 5.73 Å². The Morgan fingerprint density at radius 2 is 1.95 bits per heavy atom. The van der Waals surface area contributed by atoms with Crippen LogP contribution in [0.1, 0.15) is 29.9 Å². The van der Waals surface area contributed by atoms with Crippen molar-refractivity contribution >= 4 is 11.6 Å². The van der Waals surface area contributed by atoms with Crippen LogP contribution in [0.5, 0.6) is 0 Å². The highest BCUT2D eigenvalue weighted by Gasteiger charge is 2.22. The monoisotopic (exact) mass is 257 g/mol. The summed E-state index contributed by atoms with van der Waals surface area (Å²) in [6.45, 7) is 4.74. The number of hydrogen-bond donors (Lipinski definition) is 3. The third-order valence-electron chi connectivity index (χ3n) is 3.19. The minimum atomic E-state index is -0.132. The lowest BCUT2D eigenvalue weighted by atomic mass is 9.89. The highest BCUT2D eigenvalue weighted by Crippen LogP contribution is 2.20. The van der Waals surface area contributed by atoms with Crippen molar-refractivity contribution in [3.05, 3.63) is 53.9 Å². The van der Waals surface area contributed by atoms with Crippen molar-refractivity contribution in [2.24, 2.45) is 0 Å². The molecular formula is C15H19N3O. The molecule has 4 heteroatoms. The van der Waals surface area contributed by atoms with E-state index in [2.05, 4.69) is 24.1 Å². The van der Waals surface area contributed by atoms with Crippen molar-refractivity contribution in [1.82, 2.24) is 10.3 Å². The minimum Gasteiger partial charge on any atom is -0.399 e. The van der Waals surface area contributed by atoms with Crippen molar-refractivity contribution in [3.8, 4) is 0 Å². The number of anilines is 1. The van der Waals surface area contributed by atoms with Crippen LogP contribution in [0.3, 0.4) is 0 Å². The van der Waals surface area contributed by atoms with E-state index in [1.807, 2.05) is 18.3 Å². The van der Waals surface area contributed by atoms with Crippen LogP contribution in [0.2, 0.25) is 0 Å². The van der Waals surface area contributed by atoms with E-state index in [1.165, 1.54) is 0 Å². The summed E-state index contributed by atoms with van der Waals surface area (Å²) in [6.07, 6.45) is 1.89. The van der Waals surface area contributed by atoms with Crippen LogP contribution in [0, 0.1) is 0 Å². The van der Waals surface area contributed by atoms with Gasteiger partial charge in [-0.3, -0.25) is 4.79 Å². The summed E-state index contributed by atoms with van der Waals surface area (Å²) in [7, 11) is 0. The zero-order chi connectivity index (χ0) is 13.9. The van der Waals surface area contributed by atoms with Gasteiger partial charge in [0.05, 0.1) is 0 Å². The van der Waals surface area contributed by atoms with Gasteiger partial charge in [-0.15, -0.1) is 0 Å². The molecule has 0 aliphatic carbocycles. The number of H-pyrrole nitrogens is 1. The number of rotatable bonds is 4. The average molecular weight is 257 g/mol. The average Bonchev–Trinajstić information content (AvgIpc) is 2.91. The van der Waals surface area contributed by atoms with Crippen LogP contribution < -0.4 is 11.1 Å². The van der Waals surface area contributed by atoms with E-state index < -0.39 is 0 Å². The van der Waals surface area contributed by atoms with Crippen molar-refractivity contribution in [2.45, 2.75) is 19.3 Å². The summed E-state index contributed by atoms with van der Waals surface area (Å²) in [5.74, 6) is -0.0837. The number of hydrogen-bond acceptors (Lipinski definition) is 2. The number of amides is 1. The molecule has 0 saturated carbocycles. The summed E-state index contributed by atoms with van der Waals surface area (Å²) < 4.78 is 0. The van der Waals surface area contributed by atoms with Gasteiger partial charge in [0.2, 0.25) is 0 Å². The van der Waals surface area contributed by atoms with Gasteiger partial charge in [0.25, 0.3) is 5.91 Å². The van der Waals surface area contributed by atoms with Gasteiger partial charge in [0, 0.05) is 35.1 Å². The Balaban J connectivity index is 1.99. The second-order valence-corrected chi connectivity index (χ2v) is 5.27. The Morgan fingerprint density at radius 3 is 2.53 bits per heavy atom. The van der Waals surface area contributed by atoms with E-state index in [-0.39, 0.29) is 11.3 Å². The molecule has 19 heavy (non-hydrogen) atoms. The summed E-state index contributed by atoms with van der Waals surface area (Å²) in [6, 6.07) is 10.9. The lowest BCUT2D eigenvalue weighted by Crippen LogP contribution is -2.36. The van der Waals surface area contributed by atoms with Gasteiger partial charge in [-0.2, -0.15) is 0 Å². The maximum atomic E-state index is 12.0. The molecule has 1 heterocycles. The smallest absolute Gasteiger partial charge is 0.251 e. The molecule has 4 N–H and O–H groups in total. The minimum absolute atomic E-state index is 0.0837. The van der Waals surface area contributed by atoms with E-state index in [0.29, 0.717) is 17.8 Å². The first-order valence-electron chi connectivity index (χ1n) is 6.27. The molecule has 2 aromatic rings. The van der Waals surface area contributed by atoms with Crippen molar-refractivity contribution in [1.29, 1.82) is 0 Å². The Labute approximate surface area is 113 Å². The van der Waals surface area contributed by atoms with Gasteiger partial charge in [-0.25, -0.2) is 0 Å². The second kappa shape index (κ2) is 5.18. The topological polar surface area (TPSA) is 70.9 Å². The number of aromatic amines is 1. The van der Waals surface area contributed by atoms with Gasteiger partial charge in [-0.05, 0) is 36.4 Å². The normalized spacial score (nSPS) is 11.3. The van der Waals surface area contributed by atoms with E-state index in [9.17, 15) is 4.79 Å². The number of nitrogens with one attached hydrogen (secondary N) is 2. The first-order valence-corrected chi connectivity index (χ1v) is 6.27. The molecule has 0 fully saturated rings. The summed E-state index contributed by atoms with van der Waals surface area (Å²) in [5.41, 5.74) is 7.85. The van der Waals surface area contributed by atoms with Crippen LogP contribution >= 0.6 is 0 Å². The Kier molecular flexibility index (Phi) is 3.60. The predicted molar refractivity (Wildman–Crippen MR) is 77.0 cm³/mol. The molecule has 4 nitrogen and oxygen atoms in total. The maximum Gasteiger partial charge on any atom is 0.251 e. The first-order chi connectivity index (χ1) is 8.99. The number of benzene rings is 1. The summed E-state index contributed by atoms with van der Waals surface area (Å²) >= 11 is 0. The third kappa shape index (κ3) is 3.16. The fraction of sp³-hybridized carbons (Fsp3) is 0.267. The number of carbonyl (C=O) groups excluding carboxylic acids is 1. The Hall–Kier alpha value is -2.23. The zero-order valence-corrected chi connectivity index (χ0v) is 11.2. The van der Waals surface area contributed by atoms with Crippen LogP contribution in [0.25, 0.3) is 0 Å². The van der Waals surface area contributed by atoms with Crippen molar-refractivity contribution in [3.63, 3.8) is 0 Å². The highest BCUT2D eigenvalue weighted by atomic mass is 16.1. The molecule has 0 bridgehead atoms. The summed E-state index contributed by atoms with van der Waals surface area (Å²) in [4.78, 5) is 15.2. The SMILES string of the molecule is CC(C)(CNC(=O)c1ccc(N)cc1)c1ccc[nH]1. The van der Waals surface area contributed by atoms with Gasteiger partial charge < -0.3 is 16.0 Å². The molecule has 0 atom stereocenters. The second-order valence-electron chi connectivity index (χ2n) is 5.27. The van der Waals surface area contributed by atoms with E-state index in [0.717, 1.165) is 5.69 Å². The van der Waals surface area contributed by atoms with E-state index in [1.54, 1.807) is 24.3 Å². The lowest BCUT2D eigenvalue weighted by Gasteiger charge is -2.24. The molecule has 0 saturated heterocycles. The molecule has 0 aliphatic rings. The summed E-state index contributed by atoms with van der Waals surface area (Å²) in [5, 5.41) is 2.95. The van der Waals surface area contributed by atoms with E-state index >= 15 is 0 Å². The lowest BCUT2D eigenvalue weighted by molar-refractivity contribution is 0.0945. The van der Waals surface area contributed by atoms with Gasteiger partial charge in [0.1, 0.15) is 0 Å². The molecule has 0 unspecified atom stereocenters. The maximum absolute atomic E-state index is 12.0. The first kappa shape index (κ1) is 13.2. The molecule has 1 amide bonds. The molecular weight excluding hydrogens is 238 g/mol. The molecule has 1 aromatic carbocycles. The van der Waals surface area contributed by atoms with Crippen LogP contribution in [0.15, 0.2) is 42.6 Å². The Bertz CT molecular complexity index is 541. The fourth-order valence-electron chi connectivity index (χ4n) is 1.88. The Morgan fingerprint density at radius 1 is 1.26 bits per heavy atom. The third-order valence-corrected chi connectivity index (χ3v) is 3.19. The number of nitrogen functional groups attached to an aromatic ring is 1. The van der Waals surface area contributed by atoms with Crippen LogP contribution in [-0.4, -0.2) is 17.4 Å². The number of carbonyl (C=O) groups is 1. The van der Waals surface area contributed by atoms with Crippen LogP contribution in [0.4, 0.5) is 5.69 Å². The predicted octanol–water partition coefficient (Wildman–Crippen LogP) is 2.30. The zero-order valence-electron chi connectivity index (χ0n) is 11.2. The fourth-order valence-corrected chi connectivity index (χ4v) is 1.88. The molecule has 0 radical (unpaired) electrons. The molecule has 1 aromatic heterocycles. The molecule has 2 rings (SSSR count). The quantitative estimate of drug-likeness (QED) is 0.735. The molecule has 0 aliphatic heterocycles. The highest BCUT2D eigenvalue weighted by molar-refractivity contribution is 5.94. The van der Waals surface area contributed by atoms with Crippen LogP contribution in [-0.2, 0) is 5.41 Å². The molecule has 100 valence electrons. The molecule has 0 spiro atoms. The largest absolute Gasteiger partial charge is 0.399 e. The number of nitrogens with two attached hydrogens (primary N) is 1. The van der Waals surface area contributed by atoms with Crippen molar-refractivity contribution in [2.75, 3.05) is 12.3 Å². The van der Waals surface area contributed by atoms with Gasteiger partial charge in [0.15, 0.2) is 0 Å². The number of aromatic nitrogens is 1. The van der Waals surface area contributed by atoms with Crippen molar-refractivity contribution < 1.29 is 4.79 Å². The van der Waals surface area contributed by atoms with Gasteiger partial charge in [-0.1, -0.05) is 13.8 Å².